The molecule has 0 heterocycles. The maximum absolute atomic E-state index is 5.99. The number of hydrogen-bond donors (Lipinski definition) is 0. The molecule has 3 nitrogen and oxygen atoms in total. The molecule has 4 heteroatoms. The molecule has 0 aliphatic heterocycles. The summed E-state index contributed by atoms with van der Waals surface area (Å²) in [7, 11) is 0. The molecule has 1 atom stereocenters. The Morgan fingerprint density at radius 1 is 0.750 bits per heavy atom. The summed E-state index contributed by atoms with van der Waals surface area (Å²) in [5, 5.41) is 0. The van der Waals surface area contributed by atoms with E-state index in [0.717, 1.165) is 19.6 Å². The Morgan fingerprint density at radius 3 is 2.00 bits per heavy atom. The molecule has 0 N–H and O–H groups in total. The van der Waals surface area contributed by atoms with Crippen molar-refractivity contribution in [2.75, 3.05) is 45.3 Å². The molecule has 0 amide bonds. The summed E-state index contributed by atoms with van der Waals surface area (Å²) in [6.45, 7) is 12.3. The fourth-order valence-corrected chi connectivity index (χ4v) is 2.92. The normalized spacial score (nSPS) is 12.9. The molecule has 0 aliphatic carbocycles. The zero-order chi connectivity index (χ0) is 17.9. The van der Waals surface area contributed by atoms with Crippen LogP contribution in [0.5, 0.6) is 0 Å². The van der Waals surface area contributed by atoms with Crippen molar-refractivity contribution in [2.45, 2.75) is 84.7 Å². The van der Waals surface area contributed by atoms with Gasteiger partial charge in [0.1, 0.15) is 0 Å². The van der Waals surface area contributed by atoms with Crippen LogP contribution in [0.1, 0.15) is 78.6 Å². The highest BCUT2D eigenvalue weighted by Gasteiger charge is 2.07. The average molecular weight is 364 g/mol. The van der Waals surface area contributed by atoms with Crippen molar-refractivity contribution in [3.05, 3.63) is 0 Å². The Kier molecular flexibility index (Phi) is 19.6. The van der Waals surface area contributed by atoms with Crippen LogP contribution in [0.2, 0.25) is 0 Å². The Balaban J connectivity index is 3.62. The summed E-state index contributed by atoms with van der Waals surface area (Å²) in [5.74, 6) is 0.591. The van der Waals surface area contributed by atoms with Crippen LogP contribution in [0.15, 0.2) is 0 Å². The Morgan fingerprint density at radius 2 is 1.42 bits per heavy atom. The van der Waals surface area contributed by atoms with Gasteiger partial charge in [0.25, 0.3) is 0 Å². The van der Waals surface area contributed by atoms with E-state index >= 15 is 0 Å². The monoisotopic (exact) mass is 363 g/mol. The standard InChI is InChI=1S/C20H42ClNO2/c1-4-7-10-11-12-20(19-21)24-18-17-23-16-15-22(13-8-5-2)14-9-6-3/h20H,4-19H2,1-3H3. The van der Waals surface area contributed by atoms with Crippen molar-refractivity contribution in [3.8, 4) is 0 Å². The minimum Gasteiger partial charge on any atom is -0.378 e. The predicted octanol–water partition coefficient (Wildman–Crippen LogP) is 5.50. The second-order valence-electron chi connectivity index (χ2n) is 6.66. The lowest BCUT2D eigenvalue weighted by molar-refractivity contribution is 0.00507. The number of ether oxygens (including phenoxy) is 2. The van der Waals surface area contributed by atoms with Crippen LogP contribution in [0.4, 0.5) is 0 Å². The van der Waals surface area contributed by atoms with E-state index in [1.807, 2.05) is 0 Å². The Bertz CT molecular complexity index is 234. The van der Waals surface area contributed by atoms with Gasteiger partial charge in [-0.1, -0.05) is 59.3 Å². The topological polar surface area (TPSA) is 21.7 Å². The van der Waals surface area contributed by atoms with E-state index in [0.29, 0.717) is 19.1 Å². The molecular weight excluding hydrogens is 322 g/mol. The van der Waals surface area contributed by atoms with Gasteiger partial charge in [-0.15, -0.1) is 11.6 Å². The van der Waals surface area contributed by atoms with Gasteiger partial charge in [0.15, 0.2) is 0 Å². The summed E-state index contributed by atoms with van der Waals surface area (Å²) in [6, 6.07) is 0. The number of unbranched alkanes of at least 4 members (excludes halogenated alkanes) is 5. The first kappa shape index (κ1) is 24.2. The lowest BCUT2D eigenvalue weighted by Gasteiger charge is -2.22. The summed E-state index contributed by atoms with van der Waals surface area (Å²) >= 11 is 5.99. The third-order valence-electron chi connectivity index (χ3n) is 4.34. The molecule has 146 valence electrons. The molecule has 0 bridgehead atoms. The van der Waals surface area contributed by atoms with Gasteiger partial charge < -0.3 is 14.4 Å². The number of halogens is 1. The second kappa shape index (κ2) is 19.5. The lowest BCUT2D eigenvalue weighted by Crippen LogP contribution is -2.30. The molecule has 0 spiro atoms. The molecule has 0 radical (unpaired) electrons. The molecule has 0 aromatic heterocycles. The van der Waals surface area contributed by atoms with Crippen LogP contribution in [-0.4, -0.2) is 56.3 Å². The Labute approximate surface area is 156 Å². The van der Waals surface area contributed by atoms with Gasteiger partial charge in [0, 0.05) is 12.4 Å². The van der Waals surface area contributed by atoms with E-state index in [4.69, 9.17) is 21.1 Å². The maximum Gasteiger partial charge on any atom is 0.0711 e. The number of hydrogen-bond acceptors (Lipinski definition) is 3. The maximum atomic E-state index is 5.99. The first-order chi connectivity index (χ1) is 11.8. The molecule has 0 aromatic rings. The van der Waals surface area contributed by atoms with Gasteiger partial charge in [-0.25, -0.2) is 0 Å². The van der Waals surface area contributed by atoms with E-state index in [-0.39, 0.29) is 6.10 Å². The van der Waals surface area contributed by atoms with Crippen molar-refractivity contribution in [1.29, 1.82) is 0 Å². The van der Waals surface area contributed by atoms with Crippen molar-refractivity contribution in [1.82, 2.24) is 4.90 Å². The zero-order valence-electron chi connectivity index (χ0n) is 16.5. The summed E-state index contributed by atoms with van der Waals surface area (Å²) in [4.78, 5) is 2.53. The number of nitrogens with zero attached hydrogens (tertiary/aromatic N) is 1. The van der Waals surface area contributed by atoms with Crippen LogP contribution in [0.25, 0.3) is 0 Å². The molecule has 0 saturated heterocycles. The number of alkyl halides is 1. The third kappa shape index (κ3) is 15.7. The van der Waals surface area contributed by atoms with Crippen LogP contribution >= 0.6 is 11.6 Å². The van der Waals surface area contributed by atoms with Gasteiger partial charge in [-0.3, -0.25) is 0 Å². The largest absolute Gasteiger partial charge is 0.378 e. The quantitative estimate of drug-likeness (QED) is 0.223. The summed E-state index contributed by atoms with van der Waals surface area (Å²) in [6.07, 6.45) is 11.4. The van der Waals surface area contributed by atoms with Crippen LogP contribution in [0.3, 0.4) is 0 Å². The van der Waals surface area contributed by atoms with Gasteiger partial charge in [-0.2, -0.15) is 0 Å². The predicted molar refractivity (Wildman–Crippen MR) is 106 cm³/mol. The Hall–Kier alpha value is 0.170. The molecule has 24 heavy (non-hydrogen) atoms. The third-order valence-corrected chi connectivity index (χ3v) is 4.68. The molecule has 0 rings (SSSR count). The molecular formula is C20H42ClNO2. The van der Waals surface area contributed by atoms with Gasteiger partial charge >= 0.3 is 0 Å². The van der Waals surface area contributed by atoms with E-state index in [1.165, 1.54) is 64.5 Å². The highest BCUT2D eigenvalue weighted by Crippen LogP contribution is 2.09. The minimum atomic E-state index is 0.192. The first-order valence-electron chi connectivity index (χ1n) is 10.3. The van der Waals surface area contributed by atoms with Crippen LogP contribution in [0, 0.1) is 0 Å². The average Bonchev–Trinajstić information content (AvgIpc) is 2.61. The van der Waals surface area contributed by atoms with Crippen molar-refractivity contribution < 1.29 is 9.47 Å². The molecule has 0 saturated carbocycles. The fourth-order valence-electron chi connectivity index (χ4n) is 2.67. The van der Waals surface area contributed by atoms with Gasteiger partial charge in [0.2, 0.25) is 0 Å². The summed E-state index contributed by atoms with van der Waals surface area (Å²) in [5.41, 5.74) is 0. The van der Waals surface area contributed by atoms with Crippen molar-refractivity contribution in [2.24, 2.45) is 0 Å². The SMILES string of the molecule is CCCCCCC(CCl)OCCOCCN(CCCC)CCCC. The van der Waals surface area contributed by atoms with Crippen molar-refractivity contribution in [3.63, 3.8) is 0 Å². The second-order valence-corrected chi connectivity index (χ2v) is 6.97. The molecule has 0 aromatic carbocycles. The van der Waals surface area contributed by atoms with Crippen molar-refractivity contribution >= 4 is 11.6 Å². The molecule has 0 fully saturated rings. The van der Waals surface area contributed by atoms with Gasteiger partial charge in [0.05, 0.1) is 25.9 Å². The van der Waals surface area contributed by atoms with E-state index < -0.39 is 0 Å². The first-order valence-corrected chi connectivity index (χ1v) is 10.8. The smallest absolute Gasteiger partial charge is 0.0711 e. The highest BCUT2D eigenvalue weighted by molar-refractivity contribution is 6.18. The number of rotatable bonds is 19. The van der Waals surface area contributed by atoms with Gasteiger partial charge in [-0.05, 0) is 32.4 Å². The lowest BCUT2D eigenvalue weighted by atomic mass is 10.1. The minimum absolute atomic E-state index is 0.192. The zero-order valence-corrected chi connectivity index (χ0v) is 17.3. The van der Waals surface area contributed by atoms with Crippen LogP contribution < -0.4 is 0 Å². The fraction of sp³-hybridized carbons (Fsp3) is 1.00. The van der Waals surface area contributed by atoms with E-state index in [9.17, 15) is 0 Å². The summed E-state index contributed by atoms with van der Waals surface area (Å²) < 4.78 is 11.6. The van der Waals surface area contributed by atoms with E-state index in [1.54, 1.807) is 0 Å². The molecule has 1 unspecified atom stereocenters. The van der Waals surface area contributed by atoms with Crippen LogP contribution in [-0.2, 0) is 9.47 Å². The molecule has 0 aliphatic rings. The van der Waals surface area contributed by atoms with E-state index in [2.05, 4.69) is 25.7 Å². The highest BCUT2D eigenvalue weighted by atomic mass is 35.5.